The summed E-state index contributed by atoms with van der Waals surface area (Å²) in [4.78, 5) is 3.07. The predicted octanol–water partition coefficient (Wildman–Crippen LogP) is 2.40. The Balaban J connectivity index is 2.86. The molecule has 1 aromatic carbocycles. The molecule has 0 radical (unpaired) electrons. The van der Waals surface area contributed by atoms with Crippen molar-refractivity contribution in [1.29, 1.82) is 0 Å². The second-order valence-electron chi connectivity index (χ2n) is 2.56. The number of halogens is 1. The van der Waals surface area contributed by atoms with Crippen LogP contribution >= 0.6 is 11.6 Å². The molecule has 3 nitrogen and oxygen atoms in total. The van der Waals surface area contributed by atoms with Crippen LogP contribution in [0.2, 0.25) is 5.15 Å². The lowest BCUT2D eigenvalue weighted by molar-refractivity contribution is 0.565. The zero-order chi connectivity index (χ0) is 9.42. The van der Waals surface area contributed by atoms with Crippen LogP contribution in [-0.2, 0) is 11.1 Å². The van der Waals surface area contributed by atoms with E-state index in [4.69, 9.17) is 16.2 Å². The van der Waals surface area contributed by atoms with Crippen LogP contribution in [0, 0.1) is 0 Å². The van der Waals surface area contributed by atoms with Crippen molar-refractivity contribution in [2.75, 3.05) is 0 Å². The van der Waals surface area contributed by atoms with Crippen molar-refractivity contribution < 1.29 is 8.76 Å². The molecule has 2 aromatic rings. The van der Waals surface area contributed by atoms with Crippen LogP contribution in [0.25, 0.3) is 10.9 Å². The van der Waals surface area contributed by atoms with Crippen molar-refractivity contribution in [3.63, 3.8) is 0 Å². The molecule has 0 saturated heterocycles. The monoisotopic (exact) mass is 215 g/mol. The summed E-state index contributed by atoms with van der Waals surface area (Å²) in [7, 11) is 0. The zero-order valence-corrected chi connectivity index (χ0v) is 8.02. The number of nitrogens with one attached hydrogen (secondary N) is 1. The number of H-pyrrole nitrogens is 1. The van der Waals surface area contributed by atoms with Crippen LogP contribution in [0.4, 0.5) is 0 Å². The molecule has 1 aromatic heterocycles. The third-order valence-corrected chi connectivity index (χ3v) is 2.96. The molecule has 0 aliphatic rings. The number of para-hydroxylation sites is 1. The van der Waals surface area contributed by atoms with Crippen LogP contribution in [0.3, 0.4) is 0 Å². The Hall–Kier alpha value is -0.840. The molecule has 1 unspecified atom stereocenters. The lowest BCUT2D eigenvalue weighted by Gasteiger charge is -1.91. The van der Waals surface area contributed by atoms with E-state index in [9.17, 15) is 4.21 Å². The Bertz CT molecular complexity index is 480. The van der Waals surface area contributed by atoms with Gasteiger partial charge in [0, 0.05) is 10.9 Å². The standard InChI is InChI=1S/C8H6ClNO2S/c9-8-7(13(11)12)5-3-1-2-4-6(5)10-8/h1-4,10H,(H,11,12). The number of benzene rings is 1. The van der Waals surface area contributed by atoms with E-state index < -0.39 is 11.1 Å². The minimum atomic E-state index is -2.05. The third-order valence-electron chi connectivity index (χ3n) is 1.79. The Morgan fingerprint density at radius 1 is 1.38 bits per heavy atom. The number of aromatic nitrogens is 1. The van der Waals surface area contributed by atoms with Crippen molar-refractivity contribution in [2.45, 2.75) is 4.90 Å². The largest absolute Gasteiger partial charge is 0.345 e. The van der Waals surface area contributed by atoms with E-state index in [1.807, 2.05) is 6.07 Å². The van der Waals surface area contributed by atoms with Crippen molar-refractivity contribution in [2.24, 2.45) is 0 Å². The molecule has 0 spiro atoms. The molecule has 0 saturated carbocycles. The van der Waals surface area contributed by atoms with E-state index >= 15 is 0 Å². The maximum absolute atomic E-state index is 10.9. The molecule has 2 N–H and O–H groups in total. The maximum atomic E-state index is 10.9. The molecule has 0 aliphatic heterocycles. The van der Waals surface area contributed by atoms with Crippen LogP contribution in [0.15, 0.2) is 29.2 Å². The average molecular weight is 216 g/mol. The van der Waals surface area contributed by atoms with Gasteiger partial charge in [0.1, 0.15) is 10.0 Å². The third kappa shape index (κ3) is 1.37. The SMILES string of the molecule is O=S(O)c1c(Cl)[nH]c2ccccc12. The first kappa shape index (κ1) is 8.74. The Morgan fingerprint density at radius 2 is 2.08 bits per heavy atom. The molecular formula is C8H6ClNO2S. The summed E-state index contributed by atoms with van der Waals surface area (Å²) in [6.45, 7) is 0. The van der Waals surface area contributed by atoms with E-state index in [1.165, 1.54) is 0 Å². The van der Waals surface area contributed by atoms with E-state index in [0.717, 1.165) is 5.52 Å². The predicted molar refractivity (Wildman–Crippen MR) is 52.3 cm³/mol. The first-order valence-electron chi connectivity index (χ1n) is 3.57. The average Bonchev–Trinajstić information content (AvgIpc) is 2.39. The minimum absolute atomic E-state index is 0.224. The van der Waals surface area contributed by atoms with Gasteiger partial charge in [-0.25, -0.2) is 4.21 Å². The lowest BCUT2D eigenvalue weighted by atomic mass is 10.2. The molecule has 0 aliphatic carbocycles. The van der Waals surface area contributed by atoms with Crippen LogP contribution in [0.5, 0.6) is 0 Å². The smallest absolute Gasteiger partial charge is 0.190 e. The summed E-state index contributed by atoms with van der Waals surface area (Å²) in [5.74, 6) is 0. The first-order valence-corrected chi connectivity index (χ1v) is 5.05. The molecule has 1 atom stereocenters. The molecule has 2 rings (SSSR count). The van der Waals surface area contributed by atoms with E-state index in [0.29, 0.717) is 5.39 Å². The molecule has 0 fully saturated rings. The number of rotatable bonds is 1. The summed E-state index contributed by atoms with van der Waals surface area (Å²) in [6, 6.07) is 7.18. The molecule has 68 valence electrons. The van der Waals surface area contributed by atoms with Gasteiger partial charge in [0.15, 0.2) is 11.1 Å². The van der Waals surface area contributed by atoms with Gasteiger partial charge < -0.3 is 9.54 Å². The second-order valence-corrected chi connectivity index (χ2v) is 3.85. The van der Waals surface area contributed by atoms with Gasteiger partial charge in [-0.2, -0.15) is 0 Å². The maximum Gasteiger partial charge on any atom is 0.190 e. The van der Waals surface area contributed by atoms with E-state index in [-0.39, 0.29) is 10.0 Å². The Kier molecular flexibility index (Phi) is 2.11. The fourth-order valence-corrected chi connectivity index (χ4v) is 2.23. The molecule has 1 heterocycles. The highest BCUT2D eigenvalue weighted by Gasteiger charge is 2.13. The first-order chi connectivity index (χ1) is 6.20. The molecular weight excluding hydrogens is 210 g/mol. The number of hydrogen-bond donors (Lipinski definition) is 2. The van der Waals surface area contributed by atoms with E-state index in [2.05, 4.69) is 4.98 Å². The normalized spacial score (nSPS) is 13.4. The highest BCUT2D eigenvalue weighted by molar-refractivity contribution is 7.79. The van der Waals surface area contributed by atoms with Crippen LogP contribution < -0.4 is 0 Å². The quantitative estimate of drug-likeness (QED) is 0.718. The van der Waals surface area contributed by atoms with Crippen LogP contribution in [-0.4, -0.2) is 13.7 Å². The summed E-state index contributed by atoms with van der Waals surface area (Å²) in [6.07, 6.45) is 0. The fourth-order valence-electron chi connectivity index (χ4n) is 1.25. The number of hydrogen-bond acceptors (Lipinski definition) is 1. The Labute approximate surface area is 82.0 Å². The summed E-state index contributed by atoms with van der Waals surface area (Å²) in [5, 5.41) is 0.912. The highest BCUT2D eigenvalue weighted by atomic mass is 35.5. The summed E-state index contributed by atoms with van der Waals surface area (Å²) < 4.78 is 19.9. The molecule has 13 heavy (non-hydrogen) atoms. The van der Waals surface area contributed by atoms with E-state index in [1.54, 1.807) is 18.2 Å². The van der Waals surface area contributed by atoms with Gasteiger partial charge in [-0.15, -0.1) is 0 Å². The zero-order valence-electron chi connectivity index (χ0n) is 6.45. The minimum Gasteiger partial charge on any atom is -0.345 e. The Morgan fingerprint density at radius 3 is 2.77 bits per heavy atom. The summed E-state index contributed by atoms with van der Waals surface area (Å²) in [5.41, 5.74) is 0.768. The lowest BCUT2D eigenvalue weighted by Crippen LogP contribution is -1.86. The fraction of sp³-hybridized carbons (Fsp3) is 0. The van der Waals surface area contributed by atoms with Crippen molar-refractivity contribution in [3.8, 4) is 0 Å². The van der Waals surface area contributed by atoms with Gasteiger partial charge in [0.05, 0.1) is 0 Å². The number of fused-ring (bicyclic) bond motifs is 1. The van der Waals surface area contributed by atoms with Gasteiger partial charge in [0.25, 0.3) is 0 Å². The topological polar surface area (TPSA) is 53.1 Å². The van der Waals surface area contributed by atoms with Gasteiger partial charge in [0.2, 0.25) is 0 Å². The summed E-state index contributed by atoms with van der Waals surface area (Å²) >= 11 is 3.71. The molecule has 5 heteroatoms. The number of aromatic amines is 1. The van der Waals surface area contributed by atoms with Gasteiger partial charge >= 0.3 is 0 Å². The van der Waals surface area contributed by atoms with Gasteiger partial charge in [-0.1, -0.05) is 29.8 Å². The van der Waals surface area contributed by atoms with Crippen molar-refractivity contribution >= 4 is 33.6 Å². The molecule has 0 bridgehead atoms. The molecule has 0 amide bonds. The van der Waals surface area contributed by atoms with Gasteiger partial charge in [-0.3, -0.25) is 0 Å². The van der Waals surface area contributed by atoms with Crippen molar-refractivity contribution in [3.05, 3.63) is 29.4 Å². The van der Waals surface area contributed by atoms with Crippen LogP contribution in [0.1, 0.15) is 0 Å². The second kappa shape index (κ2) is 3.14. The van der Waals surface area contributed by atoms with Gasteiger partial charge in [-0.05, 0) is 6.07 Å². The highest BCUT2D eigenvalue weighted by Crippen LogP contribution is 2.27. The van der Waals surface area contributed by atoms with Crippen molar-refractivity contribution in [1.82, 2.24) is 4.98 Å².